The molecule has 3 heterocycles. The lowest BCUT2D eigenvalue weighted by Crippen LogP contribution is -2.43. The summed E-state index contributed by atoms with van der Waals surface area (Å²) in [4.78, 5) is 0. The van der Waals surface area contributed by atoms with E-state index < -0.39 is 10.0 Å². The zero-order valence-corrected chi connectivity index (χ0v) is 13.2. The van der Waals surface area contributed by atoms with E-state index in [9.17, 15) is 8.42 Å². The molecule has 2 atom stereocenters. The smallest absolute Gasteiger partial charge is 0.215 e. The molecule has 22 heavy (non-hydrogen) atoms. The van der Waals surface area contributed by atoms with Crippen molar-refractivity contribution < 1.29 is 12.9 Å². The topological polar surface area (TPSA) is 81.2 Å². The van der Waals surface area contributed by atoms with Gasteiger partial charge in [-0.3, -0.25) is 4.68 Å². The average molecular weight is 322 g/mol. The van der Waals surface area contributed by atoms with Crippen molar-refractivity contribution in [2.75, 3.05) is 5.75 Å². The monoisotopic (exact) mass is 322 g/mol. The van der Waals surface area contributed by atoms with Gasteiger partial charge in [0.2, 0.25) is 10.0 Å². The van der Waals surface area contributed by atoms with Gasteiger partial charge < -0.3 is 4.52 Å². The van der Waals surface area contributed by atoms with Crippen molar-refractivity contribution in [3.63, 3.8) is 0 Å². The number of fused-ring (bicyclic) bond motifs is 2. The highest BCUT2D eigenvalue weighted by molar-refractivity contribution is 7.89. The highest BCUT2D eigenvalue weighted by Gasteiger charge is 2.43. The quantitative estimate of drug-likeness (QED) is 0.853. The van der Waals surface area contributed by atoms with Crippen LogP contribution in [0.3, 0.4) is 0 Å². The first-order chi connectivity index (χ1) is 10.5. The summed E-state index contributed by atoms with van der Waals surface area (Å²) in [6.45, 7) is 0.271. The van der Waals surface area contributed by atoms with Crippen LogP contribution in [0, 0.1) is 5.92 Å². The van der Waals surface area contributed by atoms with E-state index in [4.69, 9.17) is 4.52 Å². The van der Waals surface area contributed by atoms with E-state index in [1.807, 2.05) is 13.2 Å². The Bertz CT molecular complexity index is 795. The van der Waals surface area contributed by atoms with Gasteiger partial charge in [0, 0.05) is 30.9 Å². The van der Waals surface area contributed by atoms with Gasteiger partial charge in [-0.25, -0.2) is 8.42 Å². The lowest BCUT2D eigenvalue weighted by molar-refractivity contribution is 0.259. The minimum absolute atomic E-state index is 0.121. The van der Waals surface area contributed by atoms with Gasteiger partial charge in [0.15, 0.2) is 5.76 Å². The summed E-state index contributed by atoms with van der Waals surface area (Å²) in [5.74, 6) is 1.19. The second-order valence-electron chi connectivity index (χ2n) is 6.24. The van der Waals surface area contributed by atoms with Gasteiger partial charge in [-0.1, -0.05) is 5.16 Å². The molecule has 2 fully saturated rings. The maximum Gasteiger partial charge on any atom is 0.215 e. The molecule has 4 rings (SSSR count). The highest BCUT2D eigenvalue weighted by Crippen LogP contribution is 2.38. The van der Waals surface area contributed by atoms with Crippen molar-refractivity contribution in [2.24, 2.45) is 13.0 Å². The fourth-order valence-electron chi connectivity index (χ4n) is 3.54. The number of nitrogens with zero attached hydrogens (tertiary/aromatic N) is 4. The maximum atomic E-state index is 12.4. The third kappa shape index (κ3) is 2.36. The number of aryl methyl sites for hydroxylation is 1. The Balaban J connectivity index is 1.57. The third-order valence-electron chi connectivity index (χ3n) is 4.60. The predicted molar refractivity (Wildman–Crippen MR) is 79.2 cm³/mol. The molecule has 0 amide bonds. The second kappa shape index (κ2) is 4.92. The van der Waals surface area contributed by atoms with Crippen molar-refractivity contribution in [2.45, 2.75) is 31.8 Å². The summed E-state index contributed by atoms with van der Waals surface area (Å²) in [7, 11) is -1.35. The van der Waals surface area contributed by atoms with Gasteiger partial charge in [-0.15, -0.1) is 0 Å². The summed E-state index contributed by atoms with van der Waals surface area (Å²) >= 11 is 0. The molecule has 2 aliphatic rings. The molecular formula is C14H18N4O3S. The molecule has 0 N–H and O–H groups in total. The molecule has 1 aliphatic carbocycles. The van der Waals surface area contributed by atoms with Gasteiger partial charge in [-0.2, -0.15) is 9.40 Å². The van der Waals surface area contributed by atoms with Gasteiger partial charge in [-0.05, 0) is 25.2 Å². The Labute approximate surface area is 128 Å². The fraction of sp³-hybridized carbons (Fsp3) is 0.571. The first kappa shape index (κ1) is 14.0. The van der Waals surface area contributed by atoms with E-state index in [0.717, 1.165) is 24.8 Å². The summed E-state index contributed by atoms with van der Waals surface area (Å²) in [6, 6.07) is 1.92. The van der Waals surface area contributed by atoms with Crippen molar-refractivity contribution in [1.29, 1.82) is 0 Å². The summed E-state index contributed by atoms with van der Waals surface area (Å²) in [5, 5.41) is 8.13. The van der Waals surface area contributed by atoms with Gasteiger partial charge >= 0.3 is 0 Å². The minimum Gasteiger partial charge on any atom is -0.359 e. The Morgan fingerprint density at radius 2 is 2.27 bits per heavy atom. The van der Waals surface area contributed by atoms with Crippen LogP contribution in [0.5, 0.6) is 0 Å². The van der Waals surface area contributed by atoms with Crippen LogP contribution in [-0.4, -0.2) is 39.5 Å². The highest BCUT2D eigenvalue weighted by atomic mass is 32.2. The lowest BCUT2D eigenvalue weighted by Gasteiger charge is -2.31. The molecule has 8 heteroatoms. The van der Waals surface area contributed by atoms with Crippen LogP contribution in [0.15, 0.2) is 23.0 Å². The zero-order valence-electron chi connectivity index (χ0n) is 12.3. The van der Waals surface area contributed by atoms with E-state index >= 15 is 0 Å². The second-order valence-corrected chi connectivity index (χ2v) is 8.20. The van der Waals surface area contributed by atoms with Crippen LogP contribution in [0.1, 0.15) is 25.0 Å². The molecule has 118 valence electrons. The SMILES string of the molecule is Cn1cc(-c2cc(CN3[C@@H]4CC[C@@H](C4)CS3(=O)=O)on2)cn1. The molecule has 0 radical (unpaired) electrons. The molecule has 0 aromatic carbocycles. The van der Waals surface area contributed by atoms with Crippen LogP contribution in [-0.2, 0) is 23.6 Å². The summed E-state index contributed by atoms with van der Waals surface area (Å²) in [5.41, 5.74) is 1.54. The van der Waals surface area contributed by atoms with E-state index in [1.54, 1.807) is 21.3 Å². The van der Waals surface area contributed by atoms with E-state index in [1.165, 1.54) is 0 Å². The predicted octanol–water partition coefficient (Wildman–Crippen LogP) is 1.39. The van der Waals surface area contributed by atoms with Crippen molar-refractivity contribution in [3.05, 3.63) is 24.2 Å². The molecule has 1 saturated carbocycles. The number of hydrogen-bond donors (Lipinski definition) is 0. The lowest BCUT2D eigenvalue weighted by atomic mass is 10.1. The fourth-order valence-corrected chi connectivity index (χ4v) is 5.60. The molecule has 0 spiro atoms. The standard InChI is InChI=1S/C14H18N4O3S/c1-17-7-11(6-15-17)14-5-13(21-16-14)8-18-12-3-2-10(4-12)9-22(18,19)20/h5-7,10,12H,2-4,8-9H2,1H3/t10-,12+/m0/s1. The molecule has 2 aromatic rings. The Hall–Kier alpha value is -1.67. The van der Waals surface area contributed by atoms with E-state index in [-0.39, 0.29) is 18.3 Å². The zero-order chi connectivity index (χ0) is 15.3. The van der Waals surface area contributed by atoms with E-state index in [0.29, 0.717) is 17.4 Å². The maximum absolute atomic E-state index is 12.4. The normalized spacial score (nSPS) is 27.3. The Morgan fingerprint density at radius 3 is 3.05 bits per heavy atom. The van der Waals surface area contributed by atoms with Crippen molar-refractivity contribution >= 4 is 10.0 Å². The van der Waals surface area contributed by atoms with E-state index in [2.05, 4.69) is 10.3 Å². The first-order valence-corrected chi connectivity index (χ1v) is 9.06. The number of sulfonamides is 1. The summed E-state index contributed by atoms with van der Waals surface area (Å²) in [6.07, 6.45) is 6.50. The Kier molecular flexibility index (Phi) is 3.12. The van der Waals surface area contributed by atoms with Crippen LogP contribution in [0.25, 0.3) is 11.3 Å². The Morgan fingerprint density at radius 1 is 1.41 bits per heavy atom. The largest absolute Gasteiger partial charge is 0.359 e. The van der Waals surface area contributed by atoms with Crippen molar-refractivity contribution in [3.8, 4) is 11.3 Å². The molecule has 7 nitrogen and oxygen atoms in total. The first-order valence-electron chi connectivity index (χ1n) is 7.45. The van der Waals surface area contributed by atoms with Gasteiger partial charge in [0.1, 0.15) is 5.69 Å². The molecule has 1 aliphatic heterocycles. The molecule has 0 unspecified atom stereocenters. The minimum atomic E-state index is -3.18. The van der Waals surface area contributed by atoms with Crippen LogP contribution < -0.4 is 0 Å². The number of rotatable bonds is 3. The third-order valence-corrected chi connectivity index (χ3v) is 6.63. The van der Waals surface area contributed by atoms with Gasteiger partial charge in [0.25, 0.3) is 0 Å². The molecular weight excluding hydrogens is 304 g/mol. The van der Waals surface area contributed by atoms with Crippen LogP contribution in [0.4, 0.5) is 0 Å². The number of hydrogen-bond acceptors (Lipinski definition) is 5. The van der Waals surface area contributed by atoms with Gasteiger partial charge in [0.05, 0.1) is 18.5 Å². The molecule has 2 bridgehead atoms. The average Bonchev–Trinajstić information content (AvgIpc) is 3.14. The van der Waals surface area contributed by atoms with Crippen LogP contribution in [0.2, 0.25) is 0 Å². The molecule has 1 saturated heterocycles. The van der Waals surface area contributed by atoms with Crippen molar-refractivity contribution in [1.82, 2.24) is 19.2 Å². The molecule has 2 aromatic heterocycles. The number of aromatic nitrogens is 3. The summed E-state index contributed by atoms with van der Waals surface area (Å²) < 4.78 is 33.4. The van der Waals surface area contributed by atoms with Crippen LogP contribution >= 0.6 is 0 Å².